The zero-order valence-electron chi connectivity index (χ0n) is 14.7. The molecule has 0 radical (unpaired) electrons. The average molecular weight is 341 g/mol. The molecule has 132 valence electrons. The predicted molar refractivity (Wildman–Crippen MR) is 94.1 cm³/mol. The van der Waals surface area contributed by atoms with Crippen molar-refractivity contribution in [1.82, 2.24) is 20.1 Å². The summed E-state index contributed by atoms with van der Waals surface area (Å²) in [5.41, 5.74) is 2.83. The van der Waals surface area contributed by atoms with Crippen LogP contribution in [-0.4, -0.2) is 59.3 Å². The van der Waals surface area contributed by atoms with Crippen molar-refractivity contribution in [3.63, 3.8) is 0 Å². The smallest absolute Gasteiger partial charge is 0.274 e. The normalized spacial score (nSPS) is 19.1. The Morgan fingerprint density at radius 1 is 1.40 bits per heavy atom. The highest BCUT2D eigenvalue weighted by Gasteiger charge is 2.32. The number of pyridine rings is 1. The quantitative estimate of drug-likeness (QED) is 0.915. The zero-order chi connectivity index (χ0) is 17.4. The summed E-state index contributed by atoms with van der Waals surface area (Å²) in [5.74, 6) is 1.58. The first kappa shape index (κ1) is 15.9. The van der Waals surface area contributed by atoms with Crippen LogP contribution in [0.25, 0.3) is 0 Å². The number of rotatable bonds is 4. The molecular formula is C18H23N5O2. The van der Waals surface area contributed by atoms with E-state index in [9.17, 15) is 4.79 Å². The lowest BCUT2D eigenvalue weighted by Crippen LogP contribution is -2.32. The fourth-order valence-electron chi connectivity index (χ4n) is 3.64. The number of aryl methyl sites for hydroxylation is 1. The summed E-state index contributed by atoms with van der Waals surface area (Å²) < 4.78 is 6.13. The summed E-state index contributed by atoms with van der Waals surface area (Å²) in [6.45, 7) is 1.28. The van der Waals surface area contributed by atoms with Crippen LogP contribution in [0.3, 0.4) is 0 Å². The van der Waals surface area contributed by atoms with Gasteiger partial charge < -0.3 is 14.5 Å². The molecule has 2 aromatic rings. The largest absolute Gasteiger partial charge is 0.485 e. The Labute approximate surface area is 147 Å². The van der Waals surface area contributed by atoms with E-state index in [1.807, 2.05) is 36.0 Å². The number of carbonyl (C=O) groups excluding carboxylic acids is 1. The van der Waals surface area contributed by atoms with Gasteiger partial charge in [-0.3, -0.25) is 9.89 Å². The maximum Gasteiger partial charge on any atom is 0.274 e. The van der Waals surface area contributed by atoms with E-state index in [-0.39, 0.29) is 12.0 Å². The van der Waals surface area contributed by atoms with Gasteiger partial charge in [0.25, 0.3) is 5.91 Å². The number of carbonyl (C=O) groups is 1. The SMILES string of the molecule is CN(C)c1ncccc1O[C@@H]1CCN(C(=O)c2n[nH]c3c2CCC3)C1. The molecule has 1 fully saturated rings. The number of aromatic amines is 1. The minimum Gasteiger partial charge on any atom is -0.485 e. The molecule has 0 spiro atoms. The molecule has 0 aromatic carbocycles. The summed E-state index contributed by atoms with van der Waals surface area (Å²) in [6, 6.07) is 3.79. The standard InChI is InChI=1S/C18H23N5O2/c1-22(2)17-15(7-4-9-19-17)25-12-8-10-23(11-12)18(24)16-13-5-3-6-14(13)20-21-16/h4,7,9,12H,3,5-6,8,10-11H2,1-2H3,(H,20,21)/t12-/m1/s1. The molecule has 0 unspecified atom stereocenters. The van der Waals surface area contributed by atoms with Crippen molar-refractivity contribution in [2.75, 3.05) is 32.1 Å². The number of nitrogens with zero attached hydrogens (tertiary/aromatic N) is 4. The van der Waals surface area contributed by atoms with Gasteiger partial charge in [-0.2, -0.15) is 5.10 Å². The Bertz CT molecular complexity index is 786. The van der Waals surface area contributed by atoms with Gasteiger partial charge in [0, 0.05) is 44.5 Å². The van der Waals surface area contributed by atoms with Gasteiger partial charge in [-0.1, -0.05) is 0 Å². The van der Waals surface area contributed by atoms with Gasteiger partial charge in [0.15, 0.2) is 17.3 Å². The molecular weight excluding hydrogens is 318 g/mol. The van der Waals surface area contributed by atoms with Gasteiger partial charge in [-0.15, -0.1) is 0 Å². The summed E-state index contributed by atoms with van der Waals surface area (Å²) in [4.78, 5) is 21.0. The summed E-state index contributed by atoms with van der Waals surface area (Å²) in [7, 11) is 3.88. The van der Waals surface area contributed by atoms with Crippen molar-refractivity contribution in [3.8, 4) is 5.75 Å². The van der Waals surface area contributed by atoms with Crippen molar-refractivity contribution >= 4 is 11.7 Å². The summed E-state index contributed by atoms with van der Waals surface area (Å²) in [6.07, 6.45) is 5.60. The molecule has 7 nitrogen and oxygen atoms in total. The van der Waals surface area contributed by atoms with Crippen LogP contribution in [-0.2, 0) is 12.8 Å². The highest BCUT2D eigenvalue weighted by atomic mass is 16.5. The molecule has 1 atom stereocenters. The van der Waals surface area contributed by atoms with Crippen LogP contribution in [0, 0.1) is 0 Å². The molecule has 1 saturated heterocycles. The fourth-order valence-corrected chi connectivity index (χ4v) is 3.64. The second-order valence-corrected chi connectivity index (χ2v) is 6.88. The molecule has 0 bridgehead atoms. The number of anilines is 1. The maximum absolute atomic E-state index is 12.8. The predicted octanol–water partition coefficient (Wildman–Crippen LogP) is 1.65. The second-order valence-electron chi connectivity index (χ2n) is 6.88. The number of H-pyrrole nitrogens is 1. The first-order valence-corrected chi connectivity index (χ1v) is 8.78. The van der Waals surface area contributed by atoms with Crippen LogP contribution in [0.1, 0.15) is 34.6 Å². The van der Waals surface area contributed by atoms with Crippen LogP contribution in [0.15, 0.2) is 18.3 Å². The van der Waals surface area contributed by atoms with E-state index in [4.69, 9.17) is 4.74 Å². The number of aromatic nitrogens is 3. The highest BCUT2D eigenvalue weighted by molar-refractivity contribution is 5.94. The van der Waals surface area contributed by atoms with Crippen molar-refractivity contribution in [2.45, 2.75) is 31.8 Å². The van der Waals surface area contributed by atoms with Gasteiger partial charge in [0.05, 0.1) is 6.54 Å². The van der Waals surface area contributed by atoms with Crippen LogP contribution in [0.2, 0.25) is 0 Å². The monoisotopic (exact) mass is 341 g/mol. The molecule has 2 aromatic heterocycles. The topological polar surface area (TPSA) is 74.3 Å². The Hall–Kier alpha value is -2.57. The van der Waals surface area contributed by atoms with Gasteiger partial charge in [-0.25, -0.2) is 4.98 Å². The Morgan fingerprint density at radius 2 is 2.28 bits per heavy atom. The minimum absolute atomic E-state index is 0.0150. The molecule has 0 saturated carbocycles. The van der Waals surface area contributed by atoms with Crippen LogP contribution < -0.4 is 9.64 Å². The van der Waals surface area contributed by atoms with E-state index in [0.717, 1.165) is 48.5 Å². The van der Waals surface area contributed by atoms with E-state index in [2.05, 4.69) is 15.2 Å². The molecule has 25 heavy (non-hydrogen) atoms. The lowest BCUT2D eigenvalue weighted by Gasteiger charge is -2.20. The van der Waals surface area contributed by atoms with Gasteiger partial charge in [-0.05, 0) is 31.4 Å². The maximum atomic E-state index is 12.8. The number of fused-ring (bicyclic) bond motifs is 1. The number of hydrogen-bond donors (Lipinski definition) is 1. The molecule has 1 aliphatic carbocycles. The third-order valence-corrected chi connectivity index (χ3v) is 4.91. The Balaban J connectivity index is 1.44. The van der Waals surface area contributed by atoms with Crippen molar-refractivity contribution in [3.05, 3.63) is 35.3 Å². The van der Waals surface area contributed by atoms with Crippen molar-refractivity contribution in [1.29, 1.82) is 0 Å². The summed E-state index contributed by atoms with van der Waals surface area (Å²) >= 11 is 0. The van der Waals surface area contributed by atoms with E-state index in [1.165, 1.54) is 0 Å². The van der Waals surface area contributed by atoms with Gasteiger partial charge in [0.2, 0.25) is 0 Å². The van der Waals surface area contributed by atoms with Crippen molar-refractivity contribution < 1.29 is 9.53 Å². The Kier molecular flexibility index (Phi) is 4.07. The Morgan fingerprint density at radius 3 is 3.12 bits per heavy atom. The number of ether oxygens (including phenoxy) is 1. The second kappa shape index (κ2) is 6.38. The number of nitrogens with one attached hydrogen (secondary N) is 1. The number of amides is 1. The molecule has 1 amide bonds. The first-order chi connectivity index (χ1) is 12.1. The van der Waals surface area contributed by atoms with Crippen LogP contribution in [0.4, 0.5) is 5.82 Å². The highest BCUT2D eigenvalue weighted by Crippen LogP contribution is 2.28. The molecule has 1 aliphatic heterocycles. The van der Waals surface area contributed by atoms with Crippen LogP contribution >= 0.6 is 0 Å². The zero-order valence-corrected chi connectivity index (χ0v) is 14.7. The minimum atomic E-state index is -0.0150. The molecule has 1 N–H and O–H groups in total. The van der Waals surface area contributed by atoms with E-state index in [1.54, 1.807) is 6.20 Å². The number of likely N-dealkylation sites (tertiary alicyclic amines) is 1. The molecule has 2 aliphatic rings. The fraction of sp³-hybridized carbons (Fsp3) is 0.500. The first-order valence-electron chi connectivity index (χ1n) is 8.78. The third kappa shape index (κ3) is 2.94. The average Bonchev–Trinajstić information content (AvgIpc) is 3.31. The molecule has 7 heteroatoms. The van der Waals surface area contributed by atoms with E-state index in [0.29, 0.717) is 18.8 Å². The summed E-state index contributed by atoms with van der Waals surface area (Å²) in [5, 5.41) is 7.27. The molecule has 3 heterocycles. The van der Waals surface area contributed by atoms with E-state index >= 15 is 0 Å². The van der Waals surface area contributed by atoms with Crippen molar-refractivity contribution in [2.24, 2.45) is 0 Å². The van der Waals surface area contributed by atoms with Gasteiger partial charge in [0.1, 0.15) is 6.10 Å². The lowest BCUT2D eigenvalue weighted by molar-refractivity contribution is 0.0765. The number of hydrogen-bond acceptors (Lipinski definition) is 5. The van der Waals surface area contributed by atoms with Crippen LogP contribution in [0.5, 0.6) is 5.75 Å². The lowest BCUT2D eigenvalue weighted by atomic mass is 10.2. The third-order valence-electron chi connectivity index (χ3n) is 4.91. The van der Waals surface area contributed by atoms with Gasteiger partial charge >= 0.3 is 0 Å². The molecule has 4 rings (SSSR count). The van der Waals surface area contributed by atoms with E-state index < -0.39 is 0 Å².